The average Bonchev–Trinajstić information content (AvgIpc) is 2.85. The maximum Gasteiger partial charge on any atom is 0.272 e. The Labute approximate surface area is 93.8 Å². The van der Waals surface area contributed by atoms with Crippen LogP contribution in [0.25, 0.3) is 0 Å². The number of nitrogens with one attached hydrogen (secondary N) is 1. The molecule has 2 heterocycles. The summed E-state index contributed by atoms with van der Waals surface area (Å²) in [7, 11) is 1.77. The van der Waals surface area contributed by atoms with E-state index < -0.39 is 0 Å². The number of aromatic amines is 1. The molecule has 0 spiro atoms. The lowest BCUT2D eigenvalue weighted by Crippen LogP contribution is -2.41. The van der Waals surface area contributed by atoms with Crippen molar-refractivity contribution in [1.29, 1.82) is 0 Å². The monoisotopic (exact) mass is 224 g/mol. The quantitative estimate of drug-likeness (QED) is 0.753. The summed E-state index contributed by atoms with van der Waals surface area (Å²) in [5.74, 6) is 0.221. The molecule has 0 saturated carbocycles. The molecule has 1 amide bonds. The summed E-state index contributed by atoms with van der Waals surface area (Å²) in [5.41, 5.74) is 5.88. The van der Waals surface area contributed by atoms with Crippen LogP contribution in [0.1, 0.15) is 23.8 Å². The smallest absolute Gasteiger partial charge is 0.272 e. The lowest BCUT2D eigenvalue weighted by atomic mass is 10.1. The first-order valence-corrected chi connectivity index (χ1v) is 5.29. The van der Waals surface area contributed by atoms with E-state index in [1.807, 2.05) is 6.92 Å². The van der Waals surface area contributed by atoms with Gasteiger partial charge in [0.25, 0.3) is 5.91 Å². The summed E-state index contributed by atoms with van der Waals surface area (Å²) in [6.45, 7) is 2.68. The molecule has 2 unspecified atom stereocenters. The highest BCUT2D eigenvalue weighted by molar-refractivity contribution is 5.93. The minimum absolute atomic E-state index is 0.0780. The molecule has 0 bridgehead atoms. The SMILES string of the molecule is CC1OCCC1N(C)C(=O)c1cc(N)n[nH]1. The van der Waals surface area contributed by atoms with Crippen molar-refractivity contribution >= 4 is 11.7 Å². The third-order valence-electron chi connectivity index (χ3n) is 2.98. The van der Waals surface area contributed by atoms with Crippen molar-refractivity contribution in [3.05, 3.63) is 11.8 Å². The Hall–Kier alpha value is -1.56. The van der Waals surface area contributed by atoms with Gasteiger partial charge in [-0.05, 0) is 13.3 Å². The van der Waals surface area contributed by atoms with Crippen LogP contribution in [0.4, 0.5) is 5.82 Å². The average molecular weight is 224 g/mol. The molecule has 3 N–H and O–H groups in total. The fraction of sp³-hybridized carbons (Fsp3) is 0.600. The number of nitrogen functional groups attached to an aromatic ring is 1. The number of carbonyl (C=O) groups is 1. The van der Waals surface area contributed by atoms with Gasteiger partial charge in [-0.2, -0.15) is 5.10 Å². The van der Waals surface area contributed by atoms with Crippen molar-refractivity contribution in [3.63, 3.8) is 0 Å². The highest BCUT2D eigenvalue weighted by Gasteiger charge is 2.31. The second-order valence-corrected chi connectivity index (χ2v) is 4.05. The van der Waals surface area contributed by atoms with Crippen LogP contribution in [0.5, 0.6) is 0 Å². The van der Waals surface area contributed by atoms with E-state index in [1.165, 1.54) is 0 Å². The summed E-state index contributed by atoms with van der Waals surface area (Å²) in [6.07, 6.45) is 0.946. The zero-order valence-corrected chi connectivity index (χ0v) is 9.43. The van der Waals surface area contributed by atoms with Crippen molar-refractivity contribution in [2.24, 2.45) is 0 Å². The number of aromatic nitrogens is 2. The van der Waals surface area contributed by atoms with Crippen LogP contribution in [0.2, 0.25) is 0 Å². The fourth-order valence-corrected chi connectivity index (χ4v) is 2.02. The molecular formula is C10H16N4O2. The standard InChI is InChI=1S/C10H16N4O2/c1-6-8(3-4-16-6)14(2)10(15)7-5-9(11)13-12-7/h5-6,8H,3-4H2,1-2H3,(H3,11,12,13). The molecule has 0 aliphatic carbocycles. The van der Waals surface area contributed by atoms with E-state index >= 15 is 0 Å². The maximum absolute atomic E-state index is 12.0. The van der Waals surface area contributed by atoms with Gasteiger partial charge in [0.15, 0.2) is 0 Å². The fourth-order valence-electron chi connectivity index (χ4n) is 2.02. The summed E-state index contributed by atoms with van der Waals surface area (Å²) < 4.78 is 5.43. The van der Waals surface area contributed by atoms with Crippen LogP contribution in [0.15, 0.2) is 6.07 Å². The Kier molecular flexibility index (Phi) is 2.82. The van der Waals surface area contributed by atoms with Crippen molar-refractivity contribution < 1.29 is 9.53 Å². The highest BCUT2D eigenvalue weighted by Crippen LogP contribution is 2.19. The number of amides is 1. The van der Waals surface area contributed by atoms with E-state index in [1.54, 1.807) is 18.0 Å². The van der Waals surface area contributed by atoms with Gasteiger partial charge in [-0.25, -0.2) is 0 Å². The van der Waals surface area contributed by atoms with Crippen LogP contribution >= 0.6 is 0 Å². The predicted octanol–water partition coefficient (Wildman–Crippen LogP) is 0.241. The number of ether oxygens (including phenoxy) is 1. The maximum atomic E-state index is 12.0. The zero-order chi connectivity index (χ0) is 11.7. The summed E-state index contributed by atoms with van der Waals surface area (Å²) in [5, 5.41) is 6.36. The largest absolute Gasteiger partial charge is 0.382 e. The minimum atomic E-state index is -0.105. The number of carbonyl (C=O) groups excluding carboxylic acids is 1. The number of nitrogens with two attached hydrogens (primary N) is 1. The van der Waals surface area contributed by atoms with Gasteiger partial charge in [0.2, 0.25) is 0 Å². The molecule has 6 heteroatoms. The van der Waals surface area contributed by atoms with Gasteiger partial charge in [-0.15, -0.1) is 0 Å². The molecule has 2 atom stereocenters. The van der Waals surface area contributed by atoms with Crippen LogP contribution in [-0.2, 0) is 4.74 Å². The molecule has 1 aliphatic heterocycles. The summed E-state index contributed by atoms with van der Waals surface area (Å²) in [6, 6.07) is 1.66. The number of hydrogen-bond acceptors (Lipinski definition) is 4. The molecule has 1 fully saturated rings. The van der Waals surface area contributed by atoms with E-state index in [4.69, 9.17) is 10.5 Å². The Morgan fingerprint density at radius 2 is 2.50 bits per heavy atom. The van der Waals surface area contributed by atoms with E-state index in [9.17, 15) is 4.79 Å². The van der Waals surface area contributed by atoms with Gasteiger partial charge < -0.3 is 15.4 Å². The van der Waals surface area contributed by atoms with Gasteiger partial charge in [0, 0.05) is 19.7 Å². The van der Waals surface area contributed by atoms with Crippen molar-refractivity contribution in [2.75, 3.05) is 19.4 Å². The second-order valence-electron chi connectivity index (χ2n) is 4.05. The first kappa shape index (κ1) is 10.9. The minimum Gasteiger partial charge on any atom is -0.382 e. The molecule has 0 radical (unpaired) electrons. The third-order valence-corrected chi connectivity index (χ3v) is 2.98. The van der Waals surface area contributed by atoms with Gasteiger partial charge in [-0.3, -0.25) is 9.89 Å². The summed E-state index contributed by atoms with van der Waals surface area (Å²) in [4.78, 5) is 13.7. The molecular weight excluding hydrogens is 208 g/mol. The lowest BCUT2D eigenvalue weighted by Gasteiger charge is -2.26. The van der Waals surface area contributed by atoms with Crippen molar-refractivity contribution in [1.82, 2.24) is 15.1 Å². The summed E-state index contributed by atoms with van der Waals surface area (Å²) >= 11 is 0. The van der Waals surface area contributed by atoms with Crippen LogP contribution in [0.3, 0.4) is 0 Å². The van der Waals surface area contributed by atoms with E-state index in [0.717, 1.165) is 6.42 Å². The molecule has 1 saturated heterocycles. The van der Waals surface area contributed by atoms with E-state index in [-0.39, 0.29) is 18.1 Å². The van der Waals surface area contributed by atoms with Gasteiger partial charge in [0.05, 0.1) is 12.1 Å². The van der Waals surface area contributed by atoms with E-state index in [0.29, 0.717) is 18.1 Å². The Morgan fingerprint density at radius 1 is 1.75 bits per heavy atom. The molecule has 16 heavy (non-hydrogen) atoms. The topological polar surface area (TPSA) is 84.2 Å². The zero-order valence-electron chi connectivity index (χ0n) is 9.43. The molecule has 2 rings (SSSR count). The molecule has 6 nitrogen and oxygen atoms in total. The second kappa shape index (κ2) is 4.13. The predicted molar refractivity (Wildman–Crippen MR) is 58.9 cm³/mol. The number of H-pyrrole nitrogens is 1. The van der Waals surface area contributed by atoms with E-state index in [2.05, 4.69) is 10.2 Å². The molecule has 88 valence electrons. The van der Waals surface area contributed by atoms with Crippen molar-refractivity contribution in [3.8, 4) is 0 Å². The molecule has 0 aromatic carbocycles. The first-order chi connectivity index (χ1) is 7.59. The number of hydrogen-bond donors (Lipinski definition) is 2. The number of likely N-dealkylation sites (N-methyl/N-ethyl adjacent to an activating group) is 1. The van der Waals surface area contributed by atoms with Crippen LogP contribution in [0, 0.1) is 0 Å². The normalized spacial score (nSPS) is 24.6. The number of nitrogens with zero attached hydrogens (tertiary/aromatic N) is 2. The van der Waals surface area contributed by atoms with Gasteiger partial charge >= 0.3 is 0 Å². The van der Waals surface area contributed by atoms with Crippen molar-refractivity contribution in [2.45, 2.75) is 25.5 Å². The number of rotatable bonds is 2. The third kappa shape index (κ3) is 1.88. The molecule has 1 aliphatic rings. The Bertz CT molecular complexity index is 390. The lowest BCUT2D eigenvalue weighted by molar-refractivity contribution is 0.0570. The Balaban J connectivity index is 2.10. The Morgan fingerprint density at radius 3 is 3.00 bits per heavy atom. The van der Waals surface area contributed by atoms with Gasteiger partial charge in [0.1, 0.15) is 11.5 Å². The van der Waals surface area contributed by atoms with Crippen LogP contribution < -0.4 is 5.73 Å². The molecule has 1 aromatic rings. The highest BCUT2D eigenvalue weighted by atomic mass is 16.5. The van der Waals surface area contributed by atoms with Crippen LogP contribution in [-0.4, -0.2) is 46.8 Å². The van der Waals surface area contributed by atoms with Gasteiger partial charge in [-0.1, -0.05) is 0 Å². The number of anilines is 1. The first-order valence-electron chi connectivity index (χ1n) is 5.29. The molecule has 1 aromatic heterocycles.